The Hall–Kier alpha value is -0.790. The van der Waals surface area contributed by atoms with Gasteiger partial charge in [-0.05, 0) is 25.2 Å². The second kappa shape index (κ2) is 8.32. The average Bonchev–Trinajstić information content (AvgIpc) is 2.19. The molecule has 0 saturated heterocycles. The third kappa shape index (κ3) is 11.5. The minimum atomic E-state index is -0.266. The van der Waals surface area contributed by atoms with Gasteiger partial charge in [0, 0.05) is 5.57 Å². The third-order valence-electron chi connectivity index (χ3n) is 2.65. The lowest BCUT2D eigenvalue weighted by Gasteiger charge is -2.17. The summed E-state index contributed by atoms with van der Waals surface area (Å²) in [5.41, 5.74) is 0.937. The monoisotopic (exact) mass is 240 g/mol. The SMILES string of the molecule is C=C(C)C(=O)OCCCCCCCC(C)(C)C. The Morgan fingerprint density at radius 1 is 1.06 bits per heavy atom. The van der Waals surface area contributed by atoms with E-state index in [1.54, 1.807) is 6.92 Å². The molecule has 0 aromatic rings. The van der Waals surface area contributed by atoms with Crippen LogP contribution in [0.5, 0.6) is 0 Å². The smallest absolute Gasteiger partial charge is 0.333 e. The molecule has 2 nitrogen and oxygen atoms in total. The number of carbonyl (C=O) groups excluding carboxylic acids is 1. The van der Waals surface area contributed by atoms with Crippen molar-refractivity contribution < 1.29 is 9.53 Å². The summed E-state index contributed by atoms with van der Waals surface area (Å²) in [7, 11) is 0. The van der Waals surface area contributed by atoms with Gasteiger partial charge >= 0.3 is 5.97 Å². The second-order valence-corrected chi connectivity index (χ2v) is 5.99. The summed E-state index contributed by atoms with van der Waals surface area (Å²) >= 11 is 0. The third-order valence-corrected chi connectivity index (χ3v) is 2.65. The molecule has 0 aliphatic heterocycles. The van der Waals surface area contributed by atoms with Crippen molar-refractivity contribution in [2.45, 2.75) is 66.2 Å². The van der Waals surface area contributed by atoms with Crippen molar-refractivity contribution >= 4 is 5.97 Å². The summed E-state index contributed by atoms with van der Waals surface area (Å²) in [6.07, 6.45) is 7.22. The van der Waals surface area contributed by atoms with Gasteiger partial charge in [0.15, 0.2) is 0 Å². The first-order valence-corrected chi connectivity index (χ1v) is 6.65. The van der Waals surface area contributed by atoms with E-state index in [9.17, 15) is 4.79 Å². The fourth-order valence-corrected chi connectivity index (χ4v) is 1.58. The highest BCUT2D eigenvalue weighted by atomic mass is 16.5. The Balaban J connectivity index is 3.25. The minimum absolute atomic E-state index is 0.266. The number of carbonyl (C=O) groups is 1. The maximum atomic E-state index is 11.1. The first-order chi connectivity index (χ1) is 7.83. The van der Waals surface area contributed by atoms with Crippen molar-refractivity contribution in [2.24, 2.45) is 5.41 Å². The van der Waals surface area contributed by atoms with Crippen LogP contribution >= 0.6 is 0 Å². The van der Waals surface area contributed by atoms with E-state index < -0.39 is 0 Å². The standard InChI is InChI=1S/C15H28O2/c1-13(2)14(16)17-12-10-8-6-7-9-11-15(3,4)5/h1,6-12H2,2-5H3. The van der Waals surface area contributed by atoms with Crippen LogP contribution in [-0.2, 0) is 9.53 Å². The first-order valence-electron chi connectivity index (χ1n) is 6.65. The highest BCUT2D eigenvalue weighted by Crippen LogP contribution is 2.22. The van der Waals surface area contributed by atoms with Gasteiger partial charge in [0.1, 0.15) is 0 Å². The van der Waals surface area contributed by atoms with E-state index in [4.69, 9.17) is 4.74 Å². The largest absolute Gasteiger partial charge is 0.462 e. The van der Waals surface area contributed by atoms with Gasteiger partial charge in [-0.25, -0.2) is 4.79 Å². The molecule has 17 heavy (non-hydrogen) atoms. The van der Waals surface area contributed by atoms with Gasteiger partial charge < -0.3 is 4.74 Å². The molecule has 0 heterocycles. The number of rotatable bonds is 8. The summed E-state index contributed by atoms with van der Waals surface area (Å²) < 4.78 is 5.03. The molecule has 0 aromatic carbocycles. The van der Waals surface area contributed by atoms with Gasteiger partial charge in [-0.1, -0.05) is 53.0 Å². The highest BCUT2D eigenvalue weighted by Gasteiger charge is 2.08. The van der Waals surface area contributed by atoms with Crippen molar-refractivity contribution in [1.82, 2.24) is 0 Å². The van der Waals surface area contributed by atoms with E-state index in [0.717, 1.165) is 12.8 Å². The molecule has 0 unspecified atom stereocenters. The summed E-state index contributed by atoms with van der Waals surface area (Å²) in [6, 6.07) is 0. The van der Waals surface area contributed by atoms with Crippen LogP contribution in [0.15, 0.2) is 12.2 Å². The molecule has 0 aromatic heterocycles. The Bertz CT molecular complexity index is 236. The lowest BCUT2D eigenvalue weighted by molar-refractivity contribution is -0.139. The number of ether oxygens (including phenoxy) is 1. The molecule has 0 spiro atoms. The van der Waals surface area contributed by atoms with Crippen molar-refractivity contribution in [1.29, 1.82) is 0 Å². The number of hydrogen-bond acceptors (Lipinski definition) is 2. The van der Waals surface area contributed by atoms with Crippen LogP contribution in [-0.4, -0.2) is 12.6 Å². The van der Waals surface area contributed by atoms with Crippen LogP contribution in [0.2, 0.25) is 0 Å². The molecule has 0 amide bonds. The Morgan fingerprint density at radius 3 is 2.12 bits per heavy atom. The molecule has 0 saturated carbocycles. The van der Waals surface area contributed by atoms with Gasteiger partial charge in [-0.3, -0.25) is 0 Å². The quantitative estimate of drug-likeness (QED) is 0.355. The summed E-state index contributed by atoms with van der Waals surface area (Å²) in [6.45, 7) is 12.6. The van der Waals surface area contributed by atoms with Crippen LogP contribution in [0.1, 0.15) is 66.2 Å². The zero-order valence-electron chi connectivity index (χ0n) is 12.0. The molecule has 0 aliphatic rings. The lowest BCUT2D eigenvalue weighted by atomic mass is 9.89. The molecular formula is C15H28O2. The minimum Gasteiger partial charge on any atom is -0.462 e. The van der Waals surface area contributed by atoms with Crippen LogP contribution in [0.3, 0.4) is 0 Å². The molecular weight excluding hydrogens is 212 g/mol. The molecule has 2 heteroatoms. The van der Waals surface area contributed by atoms with E-state index in [2.05, 4.69) is 27.4 Å². The van der Waals surface area contributed by atoms with Crippen molar-refractivity contribution in [3.8, 4) is 0 Å². The van der Waals surface area contributed by atoms with Crippen LogP contribution < -0.4 is 0 Å². The van der Waals surface area contributed by atoms with Crippen LogP contribution in [0.4, 0.5) is 0 Å². The summed E-state index contributed by atoms with van der Waals surface area (Å²) in [5.74, 6) is -0.266. The van der Waals surface area contributed by atoms with E-state index in [1.165, 1.54) is 25.7 Å². The summed E-state index contributed by atoms with van der Waals surface area (Å²) in [4.78, 5) is 11.1. The van der Waals surface area contributed by atoms with Gasteiger partial charge in [-0.2, -0.15) is 0 Å². The molecule has 100 valence electrons. The van der Waals surface area contributed by atoms with E-state index in [-0.39, 0.29) is 5.97 Å². The molecule has 0 N–H and O–H groups in total. The second-order valence-electron chi connectivity index (χ2n) is 5.99. The van der Waals surface area contributed by atoms with Crippen LogP contribution in [0.25, 0.3) is 0 Å². The predicted octanol–water partition coefficient (Wildman–Crippen LogP) is 4.49. The molecule has 0 atom stereocenters. The number of esters is 1. The molecule has 0 bridgehead atoms. The van der Waals surface area contributed by atoms with Crippen molar-refractivity contribution in [2.75, 3.05) is 6.61 Å². The predicted molar refractivity (Wildman–Crippen MR) is 72.9 cm³/mol. The first kappa shape index (κ1) is 16.2. The normalized spacial score (nSPS) is 11.3. The zero-order valence-corrected chi connectivity index (χ0v) is 12.0. The fraction of sp³-hybridized carbons (Fsp3) is 0.800. The number of hydrogen-bond donors (Lipinski definition) is 0. The van der Waals surface area contributed by atoms with Crippen LogP contribution in [0, 0.1) is 5.41 Å². The molecule has 0 aliphatic carbocycles. The zero-order chi connectivity index (χ0) is 13.3. The molecule has 0 fully saturated rings. The van der Waals surface area contributed by atoms with Gasteiger partial charge in [0.25, 0.3) is 0 Å². The van der Waals surface area contributed by atoms with Crippen molar-refractivity contribution in [3.63, 3.8) is 0 Å². The Kier molecular flexibility index (Phi) is 7.94. The average molecular weight is 240 g/mol. The maximum Gasteiger partial charge on any atom is 0.333 e. The number of unbranched alkanes of at least 4 members (excludes halogenated alkanes) is 4. The Morgan fingerprint density at radius 2 is 1.59 bits per heavy atom. The van der Waals surface area contributed by atoms with E-state index in [0.29, 0.717) is 17.6 Å². The van der Waals surface area contributed by atoms with Gasteiger partial charge in [0.2, 0.25) is 0 Å². The topological polar surface area (TPSA) is 26.3 Å². The Labute approximate surface area is 106 Å². The summed E-state index contributed by atoms with van der Waals surface area (Å²) in [5, 5.41) is 0. The maximum absolute atomic E-state index is 11.1. The molecule has 0 rings (SSSR count). The lowest BCUT2D eigenvalue weighted by Crippen LogP contribution is -2.06. The van der Waals surface area contributed by atoms with Crippen molar-refractivity contribution in [3.05, 3.63) is 12.2 Å². The highest BCUT2D eigenvalue weighted by molar-refractivity contribution is 5.86. The van der Waals surface area contributed by atoms with E-state index in [1.807, 2.05) is 0 Å². The van der Waals surface area contributed by atoms with Gasteiger partial charge in [0.05, 0.1) is 6.61 Å². The van der Waals surface area contributed by atoms with E-state index >= 15 is 0 Å². The fourth-order valence-electron chi connectivity index (χ4n) is 1.58. The molecule has 0 radical (unpaired) electrons. The van der Waals surface area contributed by atoms with Gasteiger partial charge in [-0.15, -0.1) is 0 Å².